The maximum absolute atomic E-state index is 13.9. The van der Waals surface area contributed by atoms with E-state index < -0.39 is 5.82 Å². The van der Waals surface area contributed by atoms with Crippen molar-refractivity contribution in [1.82, 2.24) is 9.97 Å². The Bertz CT molecular complexity index is 875. The highest BCUT2D eigenvalue weighted by atomic mass is 19.1. The van der Waals surface area contributed by atoms with Crippen LogP contribution >= 0.6 is 0 Å². The van der Waals surface area contributed by atoms with Crippen molar-refractivity contribution in [3.05, 3.63) is 60.4 Å². The SMILES string of the molecule is COc1ccc(Nc2cc(-c3ccccc3)nc(NCCO)n2)cc1F. The standard InChI is InChI=1S/C19H19FN4O2/c1-26-17-8-7-14(11-15(17)20)22-18-12-16(13-5-3-2-4-6-13)23-19(24-18)21-9-10-25/h2-8,11-12,25H,9-10H2,1H3,(H2,21,22,23,24). The number of ether oxygens (including phenoxy) is 1. The van der Waals surface area contributed by atoms with E-state index in [0.717, 1.165) is 5.56 Å². The third-order valence-corrected chi connectivity index (χ3v) is 3.61. The van der Waals surface area contributed by atoms with Crippen LogP contribution in [0.15, 0.2) is 54.6 Å². The summed E-state index contributed by atoms with van der Waals surface area (Å²) < 4.78 is 18.8. The lowest BCUT2D eigenvalue weighted by molar-refractivity contribution is 0.311. The Hall–Kier alpha value is -3.19. The lowest BCUT2D eigenvalue weighted by atomic mass is 10.1. The molecule has 134 valence electrons. The second-order valence-corrected chi connectivity index (χ2v) is 5.45. The number of nitrogens with one attached hydrogen (secondary N) is 2. The summed E-state index contributed by atoms with van der Waals surface area (Å²) in [6.07, 6.45) is 0. The molecule has 26 heavy (non-hydrogen) atoms. The molecule has 0 spiro atoms. The maximum Gasteiger partial charge on any atom is 0.225 e. The number of aliphatic hydroxyl groups is 1. The molecule has 0 atom stereocenters. The zero-order valence-corrected chi connectivity index (χ0v) is 14.2. The van der Waals surface area contributed by atoms with E-state index in [9.17, 15) is 4.39 Å². The van der Waals surface area contributed by atoms with Crippen molar-refractivity contribution in [2.24, 2.45) is 0 Å². The van der Waals surface area contributed by atoms with Gasteiger partial charge < -0.3 is 20.5 Å². The fourth-order valence-corrected chi connectivity index (χ4v) is 2.41. The number of rotatable bonds is 7. The third kappa shape index (κ3) is 4.25. The summed E-state index contributed by atoms with van der Waals surface area (Å²) in [5.41, 5.74) is 2.16. The molecule has 7 heteroatoms. The van der Waals surface area contributed by atoms with Crippen molar-refractivity contribution >= 4 is 17.5 Å². The van der Waals surface area contributed by atoms with Gasteiger partial charge in [0, 0.05) is 29.9 Å². The summed E-state index contributed by atoms with van der Waals surface area (Å²) in [6.45, 7) is 0.292. The second-order valence-electron chi connectivity index (χ2n) is 5.45. The molecule has 0 aliphatic carbocycles. The number of hydrogen-bond donors (Lipinski definition) is 3. The Morgan fingerprint density at radius 2 is 1.88 bits per heavy atom. The van der Waals surface area contributed by atoms with Crippen molar-refractivity contribution in [3.8, 4) is 17.0 Å². The van der Waals surface area contributed by atoms with Crippen LogP contribution in [0.2, 0.25) is 0 Å². The van der Waals surface area contributed by atoms with Gasteiger partial charge in [0.05, 0.1) is 19.4 Å². The van der Waals surface area contributed by atoms with E-state index in [0.29, 0.717) is 29.7 Å². The van der Waals surface area contributed by atoms with E-state index in [1.807, 2.05) is 30.3 Å². The van der Waals surface area contributed by atoms with Gasteiger partial charge in [-0.05, 0) is 12.1 Å². The second kappa shape index (κ2) is 8.26. The summed E-state index contributed by atoms with van der Waals surface area (Å²) in [5, 5.41) is 15.0. The molecule has 0 aliphatic rings. The number of nitrogens with zero attached hydrogens (tertiary/aromatic N) is 2. The Morgan fingerprint density at radius 1 is 1.08 bits per heavy atom. The third-order valence-electron chi connectivity index (χ3n) is 3.61. The van der Waals surface area contributed by atoms with Crippen LogP contribution in [-0.4, -0.2) is 35.3 Å². The van der Waals surface area contributed by atoms with Crippen LogP contribution in [0.5, 0.6) is 5.75 Å². The van der Waals surface area contributed by atoms with Crippen LogP contribution in [0, 0.1) is 5.82 Å². The Kier molecular flexibility index (Phi) is 5.60. The average Bonchev–Trinajstić information content (AvgIpc) is 2.67. The van der Waals surface area contributed by atoms with Gasteiger partial charge in [0.25, 0.3) is 0 Å². The van der Waals surface area contributed by atoms with E-state index in [2.05, 4.69) is 20.6 Å². The molecule has 0 bridgehead atoms. The van der Waals surface area contributed by atoms with Gasteiger partial charge in [0.1, 0.15) is 5.82 Å². The predicted octanol–water partition coefficient (Wildman–Crippen LogP) is 3.44. The van der Waals surface area contributed by atoms with Gasteiger partial charge in [-0.25, -0.2) is 9.37 Å². The fourth-order valence-electron chi connectivity index (χ4n) is 2.41. The number of anilines is 3. The summed E-state index contributed by atoms with van der Waals surface area (Å²) >= 11 is 0. The minimum Gasteiger partial charge on any atom is -0.494 e. The Balaban J connectivity index is 1.93. The van der Waals surface area contributed by atoms with E-state index in [4.69, 9.17) is 9.84 Å². The molecule has 3 N–H and O–H groups in total. The van der Waals surface area contributed by atoms with E-state index in [-0.39, 0.29) is 12.4 Å². The molecule has 1 heterocycles. The van der Waals surface area contributed by atoms with Gasteiger partial charge in [-0.3, -0.25) is 0 Å². The molecular formula is C19H19FN4O2. The molecule has 0 saturated carbocycles. The number of methoxy groups -OCH3 is 1. The van der Waals surface area contributed by atoms with Gasteiger partial charge in [-0.15, -0.1) is 0 Å². The summed E-state index contributed by atoms with van der Waals surface area (Å²) in [4.78, 5) is 8.83. The van der Waals surface area contributed by atoms with Crippen LogP contribution in [0.4, 0.5) is 21.8 Å². The fraction of sp³-hybridized carbons (Fsp3) is 0.158. The summed E-state index contributed by atoms with van der Waals surface area (Å²) in [6, 6.07) is 16.0. The molecule has 2 aromatic carbocycles. The van der Waals surface area contributed by atoms with Gasteiger partial charge in [-0.1, -0.05) is 30.3 Å². The first-order chi connectivity index (χ1) is 12.7. The first-order valence-electron chi connectivity index (χ1n) is 8.09. The van der Waals surface area contributed by atoms with Crippen LogP contribution in [-0.2, 0) is 0 Å². The molecule has 0 radical (unpaired) electrons. The average molecular weight is 354 g/mol. The lowest BCUT2D eigenvalue weighted by Gasteiger charge is -2.12. The molecule has 0 aliphatic heterocycles. The van der Waals surface area contributed by atoms with Crippen LogP contribution in [0.1, 0.15) is 0 Å². The molecule has 0 fully saturated rings. The monoisotopic (exact) mass is 354 g/mol. The number of benzene rings is 2. The number of aromatic nitrogens is 2. The predicted molar refractivity (Wildman–Crippen MR) is 99.3 cm³/mol. The topological polar surface area (TPSA) is 79.3 Å². The first-order valence-corrected chi connectivity index (χ1v) is 8.09. The van der Waals surface area contributed by atoms with Crippen molar-refractivity contribution in [2.45, 2.75) is 0 Å². The highest BCUT2D eigenvalue weighted by molar-refractivity contribution is 5.67. The number of hydrogen-bond acceptors (Lipinski definition) is 6. The molecule has 1 aromatic heterocycles. The number of aliphatic hydroxyl groups excluding tert-OH is 1. The lowest BCUT2D eigenvalue weighted by Crippen LogP contribution is -2.10. The molecule has 3 aromatic rings. The van der Waals surface area contributed by atoms with Crippen LogP contribution in [0.25, 0.3) is 11.3 Å². The largest absolute Gasteiger partial charge is 0.494 e. The van der Waals surface area contributed by atoms with Crippen molar-refractivity contribution in [3.63, 3.8) is 0 Å². The van der Waals surface area contributed by atoms with Crippen LogP contribution < -0.4 is 15.4 Å². The van der Waals surface area contributed by atoms with Gasteiger partial charge in [0.2, 0.25) is 5.95 Å². The highest BCUT2D eigenvalue weighted by Crippen LogP contribution is 2.26. The summed E-state index contributed by atoms with van der Waals surface area (Å²) in [5.74, 6) is 0.586. The molecule has 0 saturated heterocycles. The molecule has 6 nitrogen and oxygen atoms in total. The van der Waals surface area contributed by atoms with Crippen molar-refractivity contribution < 1.29 is 14.2 Å². The van der Waals surface area contributed by atoms with E-state index >= 15 is 0 Å². The minimum absolute atomic E-state index is 0.0363. The Labute approximate surface area is 150 Å². The van der Waals surface area contributed by atoms with Crippen molar-refractivity contribution in [2.75, 3.05) is 30.9 Å². The molecular weight excluding hydrogens is 335 g/mol. The maximum atomic E-state index is 13.9. The molecule has 0 amide bonds. The molecule has 0 unspecified atom stereocenters. The van der Waals surface area contributed by atoms with Gasteiger partial charge >= 0.3 is 0 Å². The van der Waals surface area contributed by atoms with Crippen molar-refractivity contribution in [1.29, 1.82) is 0 Å². The Morgan fingerprint density at radius 3 is 2.58 bits per heavy atom. The summed E-state index contributed by atoms with van der Waals surface area (Å²) in [7, 11) is 1.42. The highest BCUT2D eigenvalue weighted by Gasteiger charge is 2.09. The quantitative estimate of drug-likeness (QED) is 0.603. The first kappa shape index (κ1) is 17.6. The number of halogens is 1. The van der Waals surface area contributed by atoms with Gasteiger partial charge in [-0.2, -0.15) is 4.98 Å². The molecule has 3 rings (SSSR count). The zero-order valence-electron chi connectivity index (χ0n) is 14.2. The van der Waals surface area contributed by atoms with Crippen LogP contribution in [0.3, 0.4) is 0 Å². The minimum atomic E-state index is -0.464. The normalized spacial score (nSPS) is 10.4. The van der Waals surface area contributed by atoms with E-state index in [1.54, 1.807) is 18.2 Å². The smallest absolute Gasteiger partial charge is 0.225 e. The zero-order chi connectivity index (χ0) is 18.4. The van der Waals surface area contributed by atoms with Gasteiger partial charge in [0.15, 0.2) is 11.6 Å². The van der Waals surface area contributed by atoms with E-state index in [1.165, 1.54) is 13.2 Å².